The van der Waals surface area contributed by atoms with Gasteiger partial charge in [-0.1, -0.05) is 109 Å². The van der Waals surface area contributed by atoms with Gasteiger partial charge >= 0.3 is 13.9 Å². The van der Waals surface area contributed by atoms with Crippen LogP contribution < -0.4 is 21.6 Å². The number of rotatable bonds is 10. The minimum absolute atomic E-state index is 0.273. The van der Waals surface area contributed by atoms with Crippen molar-refractivity contribution in [1.29, 1.82) is 0 Å². The summed E-state index contributed by atoms with van der Waals surface area (Å²) in [6.45, 7) is 19.5. The highest BCUT2D eigenvalue weighted by molar-refractivity contribution is 7.32. The molecule has 16 heteroatoms. The number of nitrogens with zero attached hydrogens (tertiary/aromatic N) is 3. The molecule has 3 aromatic rings. The minimum Gasteiger partial charge on any atom is -0.405 e. The molecule has 3 aliphatic rings. The van der Waals surface area contributed by atoms with E-state index in [-0.39, 0.29) is 11.6 Å². The number of hydrogen-bond donors (Lipinski definition) is 3. The molecule has 0 spiro atoms. The Labute approximate surface area is 333 Å². The molecular formula is C40H61N4O9PSi2. The van der Waals surface area contributed by atoms with Gasteiger partial charge in [0.1, 0.15) is 12.2 Å². The van der Waals surface area contributed by atoms with E-state index >= 15 is 0 Å². The van der Waals surface area contributed by atoms with Gasteiger partial charge in [0, 0.05) is 38.3 Å². The number of aliphatic hydroxyl groups is 1. The quantitative estimate of drug-likeness (QED) is 0.141. The van der Waals surface area contributed by atoms with Crippen LogP contribution in [0.1, 0.15) is 79.9 Å². The lowest BCUT2D eigenvalue weighted by molar-refractivity contribution is -0.212. The number of hydrogen-bond acceptors (Lipinski definition) is 10. The van der Waals surface area contributed by atoms with E-state index in [9.17, 15) is 24.2 Å². The maximum atomic E-state index is 13.0. The molecule has 0 radical (unpaired) electrons. The van der Waals surface area contributed by atoms with Crippen LogP contribution in [-0.2, 0) is 22.7 Å². The molecule has 56 heavy (non-hydrogen) atoms. The third kappa shape index (κ3) is 9.65. The Bertz CT molecular complexity index is 1890. The molecule has 0 saturated carbocycles. The molecule has 2 aromatic carbocycles. The van der Waals surface area contributed by atoms with Crippen LogP contribution in [0.4, 0.5) is 0 Å². The average Bonchev–Trinajstić information content (AvgIpc) is 3.25. The molecule has 3 aliphatic heterocycles. The Hall–Kier alpha value is -2.99. The lowest BCUT2D eigenvalue weighted by Crippen LogP contribution is -2.67. The molecule has 5 atom stereocenters. The molecule has 0 amide bonds. The van der Waals surface area contributed by atoms with E-state index in [1.807, 2.05) is 94.5 Å². The fraction of sp³-hybridized carbons (Fsp3) is 0.575. The highest BCUT2D eigenvalue weighted by atomic mass is 31.1. The Morgan fingerprint density at radius 3 is 2.07 bits per heavy atom. The van der Waals surface area contributed by atoms with Crippen molar-refractivity contribution in [3.63, 3.8) is 0 Å². The van der Waals surface area contributed by atoms with E-state index < -0.39 is 65.4 Å². The van der Waals surface area contributed by atoms with Crippen molar-refractivity contribution in [3.8, 4) is 0 Å². The zero-order valence-electron chi connectivity index (χ0n) is 34.1. The zero-order chi connectivity index (χ0) is 40.9. The monoisotopic (exact) mass is 828 g/mol. The molecule has 0 bridgehead atoms. The fourth-order valence-electron chi connectivity index (χ4n) is 7.52. The average molecular weight is 829 g/mol. The second kappa shape index (κ2) is 17.9. The highest BCUT2D eigenvalue weighted by Gasteiger charge is 2.63. The number of aromatic nitrogens is 2. The summed E-state index contributed by atoms with van der Waals surface area (Å²) in [5.74, 6) is -1.11. The molecule has 2 fully saturated rings. The van der Waals surface area contributed by atoms with Crippen molar-refractivity contribution in [2.75, 3.05) is 26.2 Å². The van der Waals surface area contributed by atoms with Crippen LogP contribution >= 0.6 is 8.25 Å². The van der Waals surface area contributed by atoms with E-state index in [1.165, 1.54) is 57.2 Å². The van der Waals surface area contributed by atoms with Gasteiger partial charge in [0.15, 0.2) is 14.5 Å². The second-order valence-electron chi connectivity index (χ2n) is 17.4. The summed E-state index contributed by atoms with van der Waals surface area (Å²) >= 11 is 0. The molecule has 2 saturated heterocycles. The largest absolute Gasteiger partial charge is 0.405 e. The topological polar surface area (TPSA) is 165 Å². The Morgan fingerprint density at radius 2 is 1.52 bits per heavy atom. The summed E-state index contributed by atoms with van der Waals surface area (Å²) in [6.07, 6.45) is 3.73. The third-order valence-electron chi connectivity index (χ3n) is 11.5. The van der Waals surface area contributed by atoms with Crippen molar-refractivity contribution >= 4 is 41.1 Å². The van der Waals surface area contributed by atoms with Crippen LogP contribution in [0.15, 0.2) is 87.5 Å². The first-order chi connectivity index (χ1) is 26.3. The fourth-order valence-corrected chi connectivity index (χ4v) is 13.9. The Kier molecular flexibility index (Phi) is 14.1. The summed E-state index contributed by atoms with van der Waals surface area (Å²) in [4.78, 5) is 44.2. The lowest BCUT2D eigenvalue weighted by Gasteiger charge is -2.44. The molecule has 3 N–H and O–H groups in total. The standard InChI is InChI=1S/C31H45N2O9PSi2.C9H16N2/c1-29(2,3)44(7,8)41-26-27(33-20-19-25(34)32-28(33)35)40-24(31(26,36)42-43(37)38)21-39-45(30(4,5)6,22-15-11-9-12-16-22)23-17-13-10-14-18-23;1-2-5-9-10-6-4-8-11(9)7-3-1/h9-20,24,26-27,36,43H,21H2,1-8H3,(H,37,38)(H,32,34,35);1-8H2/t24-,26+,27-,31+;/m1./s1. The third-order valence-corrected chi connectivity index (χ3v) is 21.4. The molecule has 0 aliphatic carbocycles. The Morgan fingerprint density at radius 1 is 0.911 bits per heavy atom. The van der Waals surface area contributed by atoms with Crippen molar-refractivity contribution in [2.45, 2.75) is 121 Å². The number of nitrogens with one attached hydrogen (secondary N) is 1. The molecule has 13 nitrogen and oxygen atoms in total. The summed E-state index contributed by atoms with van der Waals surface area (Å²) in [5, 5.41) is 13.5. The first-order valence-corrected chi connectivity index (χ1v) is 25.7. The Balaban J connectivity index is 0.000000463. The van der Waals surface area contributed by atoms with Gasteiger partial charge in [0.05, 0.1) is 12.4 Å². The van der Waals surface area contributed by atoms with Gasteiger partial charge in [-0.05, 0) is 52.8 Å². The number of ether oxygens (including phenoxy) is 1. The van der Waals surface area contributed by atoms with Crippen LogP contribution in [0.5, 0.6) is 0 Å². The number of aromatic amines is 1. The van der Waals surface area contributed by atoms with E-state index in [1.54, 1.807) is 0 Å². The lowest BCUT2D eigenvalue weighted by atomic mass is 10.1. The van der Waals surface area contributed by atoms with Crippen molar-refractivity contribution in [3.05, 3.63) is 93.8 Å². The number of fused-ring (bicyclic) bond motifs is 1. The predicted molar refractivity (Wildman–Crippen MR) is 225 cm³/mol. The zero-order valence-corrected chi connectivity index (χ0v) is 37.1. The van der Waals surface area contributed by atoms with Crippen LogP contribution in [0.2, 0.25) is 23.2 Å². The molecule has 308 valence electrons. The normalized spacial score (nSPS) is 24.0. The van der Waals surface area contributed by atoms with Gasteiger partial charge < -0.3 is 28.5 Å². The van der Waals surface area contributed by atoms with E-state index in [0.717, 1.165) is 27.6 Å². The van der Waals surface area contributed by atoms with Crippen LogP contribution in [0.3, 0.4) is 0 Å². The molecule has 1 unspecified atom stereocenters. The van der Waals surface area contributed by atoms with E-state index in [4.69, 9.17) is 18.1 Å². The molecular weight excluding hydrogens is 768 g/mol. The van der Waals surface area contributed by atoms with Gasteiger partial charge in [-0.15, -0.1) is 0 Å². The van der Waals surface area contributed by atoms with Crippen LogP contribution in [0, 0.1) is 0 Å². The van der Waals surface area contributed by atoms with Crippen molar-refractivity contribution < 1.29 is 32.7 Å². The predicted octanol–water partition coefficient (Wildman–Crippen LogP) is 5.15. The summed E-state index contributed by atoms with van der Waals surface area (Å²) in [7, 11) is -9.68. The summed E-state index contributed by atoms with van der Waals surface area (Å²) in [6, 6.07) is 20.8. The number of H-pyrrole nitrogens is 1. The number of benzene rings is 2. The first kappa shape index (κ1) is 44.1. The summed E-state index contributed by atoms with van der Waals surface area (Å²) < 4.78 is 38.9. The highest BCUT2D eigenvalue weighted by Crippen LogP contribution is 2.48. The first-order valence-electron chi connectivity index (χ1n) is 19.6. The maximum Gasteiger partial charge on any atom is 0.330 e. The van der Waals surface area contributed by atoms with Crippen LogP contribution in [0.25, 0.3) is 0 Å². The van der Waals surface area contributed by atoms with Gasteiger partial charge in [-0.2, -0.15) is 0 Å². The molecule has 6 rings (SSSR count). The summed E-state index contributed by atoms with van der Waals surface area (Å²) in [5.41, 5.74) is -1.42. The molecule has 4 heterocycles. The SMILES string of the molecule is C1CCC2=NCCCN2CC1.CC(C)(C)[Si](C)(C)O[C@H]1[C@H](n2ccc(=O)[nH]c2=O)O[C@H](CO[Si](c2ccccc2)(c2ccccc2)C(C)(C)C)[C@]1(O)O[PH](=O)O. The minimum atomic E-state index is -3.77. The number of aliphatic imine (C=N–C) groups is 1. The van der Waals surface area contributed by atoms with Gasteiger partial charge in [0.25, 0.3) is 13.9 Å². The van der Waals surface area contributed by atoms with Gasteiger partial charge in [0.2, 0.25) is 5.79 Å². The van der Waals surface area contributed by atoms with E-state index in [2.05, 4.69) is 35.6 Å². The smallest absolute Gasteiger partial charge is 0.330 e. The second-order valence-corrected chi connectivity index (χ2v) is 27.2. The maximum absolute atomic E-state index is 13.0. The van der Waals surface area contributed by atoms with Crippen molar-refractivity contribution in [2.24, 2.45) is 4.99 Å². The van der Waals surface area contributed by atoms with E-state index in [0.29, 0.717) is 0 Å². The number of amidine groups is 1. The van der Waals surface area contributed by atoms with Crippen molar-refractivity contribution in [1.82, 2.24) is 14.5 Å². The van der Waals surface area contributed by atoms with Gasteiger partial charge in [-0.3, -0.25) is 28.4 Å². The van der Waals surface area contributed by atoms with Gasteiger partial charge in [-0.25, -0.2) is 4.79 Å². The molecule has 1 aromatic heterocycles. The van der Waals surface area contributed by atoms with Crippen LogP contribution in [-0.4, -0.2) is 91.2 Å².